The molecule has 0 heterocycles. The van der Waals surface area contributed by atoms with Crippen LogP contribution in [0.5, 0.6) is 11.5 Å². The number of Topliss-reactive ketones (excluding diaryl/α,β-unsaturated/α-hetero) is 2. The van der Waals surface area contributed by atoms with Crippen LogP contribution in [0.1, 0.15) is 94.3 Å². The fourth-order valence-corrected chi connectivity index (χ4v) is 9.50. The second-order valence-corrected chi connectivity index (χ2v) is 16.2. The Morgan fingerprint density at radius 2 is 0.951 bits per heavy atom. The number of hydrogen-bond acceptors (Lipinski definition) is 6. The van der Waals surface area contributed by atoms with Crippen molar-refractivity contribution >= 4 is 68.3 Å². The molecule has 0 bridgehead atoms. The van der Waals surface area contributed by atoms with Crippen LogP contribution in [0.4, 0.5) is 0 Å². The summed E-state index contributed by atoms with van der Waals surface area (Å²) in [5.74, 6) is -3.44. The second kappa shape index (κ2) is 19.3. The van der Waals surface area contributed by atoms with Gasteiger partial charge in [-0.2, -0.15) is 0 Å². The maximum atomic E-state index is 12.9. The number of hydrogen-bond donors (Lipinski definition) is 4. The van der Waals surface area contributed by atoms with E-state index in [-0.39, 0.29) is 28.7 Å². The van der Waals surface area contributed by atoms with Crippen molar-refractivity contribution in [2.45, 2.75) is 68.9 Å². The first-order chi connectivity index (χ1) is 29.3. The number of carbonyl (C=O) groups excluding carboxylic acids is 2. The van der Waals surface area contributed by atoms with Gasteiger partial charge in [0, 0.05) is 36.8 Å². The number of likely N-dealkylation sites (N-methyl/N-ethyl adjacent to an activating group) is 2. The molecule has 61 heavy (non-hydrogen) atoms. The summed E-state index contributed by atoms with van der Waals surface area (Å²) in [6.07, 6.45) is 7.20. The van der Waals surface area contributed by atoms with Gasteiger partial charge in [-0.1, -0.05) is 120 Å². The summed E-state index contributed by atoms with van der Waals surface area (Å²) in [6.45, 7) is 0. The summed E-state index contributed by atoms with van der Waals surface area (Å²) < 4.78 is 0. The summed E-state index contributed by atoms with van der Waals surface area (Å²) in [5, 5.41) is 52.3. The highest BCUT2D eigenvalue weighted by atomic mass is 35.5. The first kappa shape index (κ1) is 44.8. The van der Waals surface area contributed by atoms with E-state index in [9.17, 15) is 39.6 Å². The molecule has 2 aliphatic carbocycles. The fraction of sp³-hybridized carbons (Fsp3) is 0.265. The maximum Gasteiger partial charge on any atom is 0.335 e. The lowest BCUT2D eigenvalue weighted by Crippen LogP contribution is -2.94. The number of carboxylic acids is 2. The van der Waals surface area contributed by atoms with Crippen LogP contribution in [0.3, 0.4) is 0 Å². The molecule has 6 aromatic rings. The lowest BCUT2D eigenvalue weighted by molar-refractivity contribution is -0.699. The van der Waals surface area contributed by atoms with Gasteiger partial charge in [0.25, 0.3) is 0 Å². The Labute approximate surface area is 364 Å². The standard InChI is InChI=1S/C23H16O6.2C13H16ClNO/c24-20-16(14-7-3-1-5-12(14)9-18(20)22(26)27)11-17-15-8-4-2-6-13(15)10-19(21(17)25)23(28)29;2*1-15-13(9-5-4-8-12(13)16)10-6-2-3-7-11(10)14/h1-10,24-25H,11H2,(H,26,27)(H,28,29);2*2-3,6-7,15H,4-5,8-9H2,1H3/t;2*13-/m.00/s1. The Kier molecular flexibility index (Phi) is 14.2. The zero-order valence-corrected chi connectivity index (χ0v) is 35.5. The number of ketones is 2. The van der Waals surface area contributed by atoms with E-state index in [0.29, 0.717) is 56.0 Å². The molecule has 2 atom stereocenters. The van der Waals surface area contributed by atoms with Gasteiger partial charge in [-0.05, 0) is 89.0 Å². The van der Waals surface area contributed by atoms with Crippen molar-refractivity contribution in [2.24, 2.45) is 0 Å². The number of fused-ring (bicyclic) bond motifs is 2. The van der Waals surface area contributed by atoms with Crippen LogP contribution in [0, 0.1) is 0 Å². The van der Waals surface area contributed by atoms with Crippen LogP contribution in [-0.4, -0.2) is 47.8 Å². The van der Waals surface area contributed by atoms with Crippen molar-refractivity contribution in [3.8, 4) is 11.5 Å². The lowest BCUT2D eigenvalue weighted by atomic mass is 9.75. The van der Waals surface area contributed by atoms with E-state index in [1.807, 2.05) is 73.3 Å². The van der Waals surface area contributed by atoms with E-state index < -0.39 is 34.5 Å². The van der Waals surface area contributed by atoms with Gasteiger partial charge in [-0.25, -0.2) is 9.59 Å². The summed E-state index contributed by atoms with van der Waals surface area (Å²) in [4.78, 5) is 47.5. The monoisotopic (exact) mass is 862 g/mol. The molecule has 6 N–H and O–H groups in total. The molecule has 2 fully saturated rings. The first-order valence-electron chi connectivity index (χ1n) is 20.4. The van der Waals surface area contributed by atoms with Crippen LogP contribution in [0.15, 0.2) is 109 Å². The van der Waals surface area contributed by atoms with Crippen molar-refractivity contribution in [3.63, 3.8) is 0 Å². The molecule has 2 saturated carbocycles. The molecule has 8 rings (SSSR count). The number of aromatic carboxylic acids is 2. The third kappa shape index (κ3) is 8.99. The van der Waals surface area contributed by atoms with E-state index >= 15 is 0 Å². The number of carbonyl (C=O) groups is 4. The SMILES string of the molecule is C[NH2+][C@]1(c2ccccc2Cl)CCCCC1=O.C[NH2+][C@]1(c2ccccc2Cl)CCCCC1=O.O=C(O)c1cc2ccccc2c(Cc2c([O-])c(C(=O)O)cc3ccccc23)c1[O-]. The van der Waals surface area contributed by atoms with E-state index in [1.54, 1.807) is 48.5 Å². The quantitative estimate of drug-likeness (QED) is 0.128. The Bertz CT molecular complexity index is 2450. The predicted octanol–water partition coefficient (Wildman–Crippen LogP) is 6.87. The average molecular weight is 864 g/mol. The van der Waals surface area contributed by atoms with Gasteiger partial charge < -0.3 is 31.1 Å². The molecule has 316 valence electrons. The topological polar surface area (TPSA) is 188 Å². The fourth-order valence-electron chi connectivity index (χ4n) is 8.89. The average Bonchev–Trinajstić information content (AvgIpc) is 3.26. The molecule has 10 nitrogen and oxygen atoms in total. The lowest BCUT2D eigenvalue weighted by Gasteiger charge is -2.33. The van der Waals surface area contributed by atoms with Gasteiger partial charge >= 0.3 is 11.9 Å². The molecule has 0 aliphatic heterocycles. The number of quaternary nitrogens is 2. The summed E-state index contributed by atoms with van der Waals surface area (Å²) >= 11 is 12.4. The molecule has 0 spiro atoms. The number of nitrogens with two attached hydrogens (primary N) is 2. The van der Waals surface area contributed by atoms with E-state index in [4.69, 9.17) is 23.2 Å². The van der Waals surface area contributed by atoms with Crippen LogP contribution < -0.4 is 20.8 Å². The van der Waals surface area contributed by atoms with E-state index in [0.717, 1.165) is 49.7 Å². The van der Waals surface area contributed by atoms with Gasteiger partial charge in [0.05, 0.1) is 35.3 Å². The summed E-state index contributed by atoms with van der Waals surface area (Å²) in [5.41, 5.74) is 0.630. The third-order valence-electron chi connectivity index (χ3n) is 12.2. The van der Waals surface area contributed by atoms with E-state index in [1.165, 1.54) is 12.1 Å². The number of halogens is 2. The molecule has 2 aliphatic rings. The van der Waals surface area contributed by atoms with Crippen molar-refractivity contribution in [1.29, 1.82) is 0 Å². The highest BCUT2D eigenvalue weighted by molar-refractivity contribution is 6.32. The Hall–Kier alpha value is -5.78. The summed E-state index contributed by atoms with van der Waals surface area (Å²) in [7, 11) is 3.93. The Morgan fingerprint density at radius 1 is 0.590 bits per heavy atom. The van der Waals surface area contributed by atoms with Crippen LogP contribution in [0.2, 0.25) is 10.0 Å². The molecule has 6 aromatic carbocycles. The predicted molar refractivity (Wildman–Crippen MR) is 232 cm³/mol. The molecule has 12 heteroatoms. The van der Waals surface area contributed by atoms with Gasteiger partial charge in [-0.3, -0.25) is 9.59 Å². The zero-order chi connectivity index (χ0) is 43.9. The minimum absolute atomic E-state index is 0.158. The first-order valence-corrected chi connectivity index (χ1v) is 21.1. The third-order valence-corrected chi connectivity index (χ3v) is 12.8. The molecular formula is C49H48Cl2N2O8. The molecular weight excluding hydrogens is 815 g/mol. The van der Waals surface area contributed by atoms with Crippen LogP contribution in [-0.2, 0) is 27.1 Å². The van der Waals surface area contributed by atoms with Crippen molar-refractivity contribution in [2.75, 3.05) is 14.1 Å². The van der Waals surface area contributed by atoms with Crippen LogP contribution in [0.25, 0.3) is 21.5 Å². The van der Waals surface area contributed by atoms with Crippen molar-refractivity contribution in [1.82, 2.24) is 0 Å². The Balaban J connectivity index is 0.000000166. The molecule has 0 saturated heterocycles. The van der Waals surface area contributed by atoms with Gasteiger partial charge in [0.15, 0.2) is 22.6 Å². The van der Waals surface area contributed by atoms with Crippen molar-refractivity contribution in [3.05, 3.63) is 153 Å². The van der Waals surface area contributed by atoms with E-state index in [2.05, 4.69) is 0 Å². The zero-order valence-electron chi connectivity index (χ0n) is 34.0. The van der Waals surface area contributed by atoms with Crippen molar-refractivity contribution < 1.29 is 50.2 Å². The number of benzene rings is 6. The second-order valence-electron chi connectivity index (χ2n) is 15.4. The normalized spacial score (nSPS) is 18.8. The summed E-state index contributed by atoms with van der Waals surface area (Å²) in [6, 6.07) is 31.7. The minimum atomic E-state index is -1.35. The van der Waals surface area contributed by atoms with Gasteiger partial charge in [0.1, 0.15) is 0 Å². The largest absolute Gasteiger partial charge is 0.872 e. The Morgan fingerprint density at radius 3 is 1.30 bits per heavy atom. The molecule has 0 amide bonds. The molecule has 0 radical (unpaired) electrons. The molecule has 0 unspecified atom stereocenters. The maximum absolute atomic E-state index is 12.9. The minimum Gasteiger partial charge on any atom is -0.872 e. The highest BCUT2D eigenvalue weighted by Gasteiger charge is 2.46. The smallest absolute Gasteiger partial charge is 0.335 e. The molecule has 0 aromatic heterocycles. The number of carboxylic acid groups (broad SMARTS) is 2. The highest BCUT2D eigenvalue weighted by Crippen LogP contribution is 2.38. The van der Waals surface area contributed by atoms with Gasteiger partial charge in [0.2, 0.25) is 0 Å². The number of rotatable bonds is 8. The van der Waals surface area contributed by atoms with Crippen LogP contribution >= 0.6 is 23.2 Å². The van der Waals surface area contributed by atoms with Gasteiger partial charge in [-0.15, -0.1) is 0 Å².